The van der Waals surface area contributed by atoms with Crippen LogP contribution in [0.4, 0.5) is 11.4 Å². The number of nitrogens with zero attached hydrogens (tertiary/aromatic N) is 1. The number of carbonyl (C=O) groups is 1. The minimum Gasteiger partial charge on any atom is -0.378 e. The molecule has 130 valence electrons. The van der Waals surface area contributed by atoms with Crippen molar-refractivity contribution in [3.8, 4) is 0 Å². The predicted molar refractivity (Wildman–Crippen MR) is 99.8 cm³/mol. The summed E-state index contributed by atoms with van der Waals surface area (Å²) in [4.78, 5) is 15.0. The van der Waals surface area contributed by atoms with Gasteiger partial charge in [0.05, 0.1) is 6.04 Å². The van der Waals surface area contributed by atoms with Gasteiger partial charge in [-0.3, -0.25) is 4.79 Å². The molecule has 2 heterocycles. The Morgan fingerprint density at radius 3 is 2.64 bits per heavy atom. The maximum absolute atomic E-state index is 13.0. The van der Waals surface area contributed by atoms with Crippen molar-refractivity contribution in [2.24, 2.45) is 0 Å². The molecule has 0 radical (unpaired) electrons. The number of ether oxygens (including phenoxy) is 1. The van der Waals surface area contributed by atoms with E-state index in [2.05, 4.69) is 36.5 Å². The lowest BCUT2D eigenvalue weighted by Crippen LogP contribution is -2.48. The number of rotatable bonds is 3. The van der Waals surface area contributed by atoms with E-state index in [4.69, 9.17) is 4.74 Å². The summed E-state index contributed by atoms with van der Waals surface area (Å²) < 4.78 is 5.65. The molecule has 4 rings (SSSR count). The number of benzene rings is 2. The summed E-state index contributed by atoms with van der Waals surface area (Å²) in [5.74, 6) is 0.107. The SMILES string of the molecule is C[C@@H]1C[C@H](Nc2ccccc2)c2ccccc2N1C(=O)[C@H]1CCCO1. The average molecular weight is 336 g/mol. The second kappa shape index (κ2) is 6.89. The summed E-state index contributed by atoms with van der Waals surface area (Å²) in [6, 6.07) is 18.8. The third-order valence-corrected chi connectivity index (χ3v) is 5.15. The lowest BCUT2D eigenvalue weighted by molar-refractivity contribution is -0.127. The zero-order valence-corrected chi connectivity index (χ0v) is 14.5. The van der Waals surface area contributed by atoms with E-state index in [0.717, 1.165) is 30.6 Å². The normalized spacial score (nSPS) is 25.5. The van der Waals surface area contributed by atoms with Crippen molar-refractivity contribution in [2.45, 2.75) is 44.4 Å². The van der Waals surface area contributed by atoms with E-state index in [0.29, 0.717) is 6.61 Å². The van der Waals surface area contributed by atoms with Crippen molar-refractivity contribution in [1.29, 1.82) is 0 Å². The number of amides is 1. The first-order valence-electron chi connectivity index (χ1n) is 9.09. The van der Waals surface area contributed by atoms with Gasteiger partial charge in [-0.15, -0.1) is 0 Å². The van der Waals surface area contributed by atoms with Crippen LogP contribution >= 0.6 is 0 Å². The molecule has 0 aromatic heterocycles. The molecule has 1 saturated heterocycles. The average Bonchev–Trinajstić information content (AvgIpc) is 3.17. The molecule has 0 spiro atoms. The monoisotopic (exact) mass is 336 g/mol. The molecule has 0 aliphatic carbocycles. The Bertz CT molecular complexity index is 741. The maximum Gasteiger partial charge on any atom is 0.256 e. The van der Waals surface area contributed by atoms with Crippen LogP contribution in [0.15, 0.2) is 54.6 Å². The predicted octanol–water partition coefficient (Wildman–Crippen LogP) is 4.14. The third-order valence-electron chi connectivity index (χ3n) is 5.15. The van der Waals surface area contributed by atoms with E-state index < -0.39 is 0 Å². The van der Waals surface area contributed by atoms with Crippen molar-refractivity contribution in [3.63, 3.8) is 0 Å². The van der Waals surface area contributed by atoms with E-state index in [-0.39, 0.29) is 24.1 Å². The van der Waals surface area contributed by atoms with Gasteiger partial charge in [0.15, 0.2) is 0 Å². The van der Waals surface area contributed by atoms with Crippen LogP contribution in [0.3, 0.4) is 0 Å². The molecule has 1 amide bonds. The largest absolute Gasteiger partial charge is 0.378 e. The fraction of sp³-hybridized carbons (Fsp3) is 0.381. The lowest BCUT2D eigenvalue weighted by Gasteiger charge is -2.40. The molecule has 2 aliphatic heterocycles. The molecule has 1 N–H and O–H groups in total. The van der Waals surface area contributed by atoms with E-state index in [1.54, 1.807) is 0 Å². The van der Waals surface area contributed by atoms with Crippen LogP contribution in [0, 0.1) is 0 Å². The van der Waals surface area contributed by atoms with Gasteiger partial charge in [-0.1, -0.05) is 36.4 Å². The van der Waals surface area contributed by atoms with Gasteiger partial charge >= 0.3 is 0 Å². The van der Waals surface area contributed by atoms with Crippen LogP contribution in [-0.4, -0.2) is 24.7 Å². The molecule has 1 fully saturated rings. The summed E-state index contributed by atoms with van der Waals surface area (Å²) in [6.45, 7) is 2.82. The quantitative estimate of drug-likeness (QED) is 0.916. The van der Waals surface area contributed by atoms with E-state index in [1.807, 2.05) is 35.2 Å². The van der Waals surface area contributed by atoms with Crippen LogP contribution in [0.2, 0.25) is 0 Å². The summed E-state index contributed by atoms with van der Waals surface area (Å²) in [5, 5.41) is 3.63. The van der Waals surface area contributed by atoms with Crippen molar-refractivity contribution in [3.05, 3.63) is 60.2 Å². The molecular formula is C21H24N2O2. The van der Waals surface area contributed by atoms with Gasteiger partial charge in [-0.25, -0.2) is 0 Å². The summed E-state index contributed by atoms with van der Waals surface area (Å²) in [5.41, 5.74) is 3.29. The Morgan fingerprint density at radius 1 is 1.12 bits per heavy atom. The molecular weight excluding hydrogens is 312 g/mol. The van der Waals surface area contributed by atoms with Gasteiger partial charge in [0, 0.05) is 24.0 Å². The zero-order chi connectivity index (χ0) is 17.2. The van der Waals surface area contributed by atoms with Gasteiger partial charge in [0.2, 0.25) is 0 Å². The van der Waals surface area contributed by atoms with Gasteiger partial charge in [-0.2, -0.15) is 0 Å². The topological polar surface area (TPSA) is 41.6 Å². The Balaban J connectivity index is 1.64. The minimum atomic E-state index is -0.283. The zero-order valence-electron chi connectivity index (χ0n) is 14.5. The van der Waals surface area contributed by atoms with Crippen molar-refractivity contribution in [1.82, 2.24) is 0 Å². The molecule has 2 aliphatic rings. The number of hydrogen-bond acceptors (Lipinski definition) is 3. The van der Waals surface area contributed by atoms with Crippen LogP contribution in [0.1, 0.15) is 37.8 Å². The van der Waals surface area contributed by atoms with Gasteiger partial charge in [0.25, 0.3) is 5.91 Å². The molecule has 0 saturated carbocycles. The number of nitrogens with one attached hydrogen (secondary N) is 1. The fourth-order valence-electron chi connectivity index (χ4n) is 3.95. The van der Waals surface area contributed by atoms with E-state index in [9.17, 15) is 4.79 Å². The first kappa shape index (κ1) is 16.2. The summed E-state index contributed by atoms with van der Waals surface area (Å²) in [7, 11) is 0. The van der Waals surface area contributed by atoms with E-state index in [1.165, 1.54) is 5.56 Å². The second-order valence-corrected chi connectivity index (χ2v) is 6.92. The molecule has 0 unspecified atom stereocenters. The molecule has 4 heteroatoms. The van der Waals surface area contributed by atoms with Crippen molar-refractivity contribution >= 4 is 17.3 Å². The molecule has 2 aromatic carbocycles. The second-order valence-electron chi connectivity index (χ2n) is 6.92. The van der Waals surface area contributed by atoms with Gasteiger partial charge in [-0.05, 0) is 49.9 Å². The Hall–Kier alpha value is -2.33. The summed E-state index contributed by atoms with van der Waals surface area (Å²) in [6.07, 6.45) is 2.40. The highest BCUT2D eigenvalue weighted by atomic mass is 16.5. The van der Waals surface area contributed by atoms with Crippen LogP contribution in [0.5, 0.6) is 0 Å². The Morgan fingerprint density at radius 2 is 1.88 bits per heavy atom. The van der Waals surface area contributed by atoms with Crippen LogP contribution < -0.4 is 10.2 Å². The number of para-hydroxylation sites is 2. The standard InChI is InChI=1S/C21H24N2O2/c1-15-14-18(22-16-8-3-2-4-9-16)17-10-5-6-11-19(17)23(15)21(24)20-12-7-13-25-20/h2-6,8-11,15,18,20,22H,7,12-14H2,1H3/t15-,18+,20-/m1/s1. The molecule has 25 heavy (non-hydrogen) atoms. The Kier molecular flexibility index (Phi) is 4.45. The summed E-state index contributed by atoms with van der Waals surface area (Å²) >= 11 is 0. The van der Waals surface area contributed by atoms with Gasteiger partial charge in [0.1, 0.15) is 6.10 Å². The number of anilines is 2. The first-order chi connectivity index (χ1) is 12.2. The van der Waals surface area contributed by atoms with Crippen LogP contribution in [0.25, 0.3) is 0 Å². The number of fused-ring (bicyclic) bond motifs is 1. The Labute approximate surface area is 148 Å². The van der Waals surface area contributed by atoms with Crippen molar-refractivity contribution < 1.29 is 9.53 Å². The third kappa shape index (κ3) is 3.14. The van der Waals surface area contributed by atoms with Crippen molar-refractivity contribution in [2.75, 3.05) is 16.8 Å². The number of hydrogen-bond donors (Lipinski definition) is 1. The smallest absolute Gasteiger partial charge is 0.256 e. The molecule has 3 atom stereocenters. The first-order valence-corrected chi connectivity index (χ1v) is 9.09. The van der Waals surface area contributed by atoms with Gasteiger partial charge < -0.3 is 15.0 Å². The fourth-order valence-corrected chi connectivity index (χ4v) is 3.95. The molecule has 2 aromatic rings. The lowest BCUT2D eigenvalue weighted by atomic mass is 9.91. The molecule has 0 bridgehead atoms. The highest BCUT2D eigenvalue weighted by molar-refractivity contribution is 5.98. The van der Waals surface area contributed by atoms with E-state index >= 15 is 0 Å². The van der Waals surface area contributed by atoms with Crippen LogP contribution in [-0.2, 0) is 9.53 Å². The minimum absolute atomic E-state index is 0.107. The molecule has 4 nitrogen and oxygen atoms in total. The highest BCUT2D eigenvalue weighted by Gasteiger charge is 2.37. The highest BCUT2D eigenvalue weighted by Crippen LogP contribution is 2.39. The number of carbonyl (C=O) groups excluding carboxylic acids is 1. The maximum atomic E-state index is 13.0.